The van der Waals surface area contributed by atoms with Gasteiger partial charge in [-0.1, -0.05) is 48.7 Å². The predicted octanol–water partition coefficient (Wildman–Crippen LogP) is 2.18. The van der Waals surface area contributed by atoms with Crippen LogP contribution in [0.1, 0.15) is 27.7 Å². The second-order valence-electron chi connectivity index (χ2n) is 4.16. The molecule has 0 aliphatic heterocycles. The number of hydrogen-bond acceptors (Lipinski definition) is 3. The molecule has 0 aromatic heterocycles. The average Bonchev–Trinajstić information content (AvgIpc) is 1.99. The number of carboxylic acids is 1. The van der Waals surface area contributed by atoms with Gasteiger partial charge in [-0.05, 0) is 19.8 Å². The Labute approximate surface area is 111 Å². The molecule has 0 rings (SSSR count). The van der Waals surface area contributed by atoms with Crippen LogP contribution in [0.5, 0.6) is 0 Å². The van der Waals surface area contributed by atoms with Gasteiger partial charge >= 0.3 is 5.97 Å². The highest BCUT2D eigenvalue weighted by atomic mass is 35.6. The molecule has 16 heavy (non-hydrogen) atoms. The van der Waals surface area contributed by atoms with Crippen LogP contribution < -0.4 is 5.73 Å². The first-order valence-electron chi connectivity index (χ1n) is 4.58. The first-order valence-corrected chi connectivity index (χ1v) is 5.71. The van der Waals surface area contributed by atoms with Gasteiger partial charge in [-0.2, -0.15) is 0 Å². The van der Waals surface area contributed by atoms with Crippen molar-refractivity contribution >= 4 is 40.8 Å². The van der Waals surface area contributed by atoms with Crippen LogP contribution in [0.25, 0.3) is 0 Å². The number of hydrogen-bond donors (Lipinski definition) is 3. The Morgan fingerprint density at radius 2 is 1.50 bits per heavy atom. The lowest BCUT2D eigenvalue weighted by molar-refractivity contribution is -0.139. The zero-order valence-corrected chi connectivity index (χ0v) is 11.9. The topological polar surface area (TPSA) is 83.5 Å². The van der Waals surface area contributed by atoms with Crippen LogP contribution in [-0.2, 0) is 4.79 Å². The van der Waals surface area contributed by atoms with E-state index in [4.69, 9.17) is 50.7 Å². The van der Waals surface area contributed by atoms with Crippen LogP contribution in [-0.4, -0.2) is 31.6 Å². The van der Waals surface area contributed by atoms with Crippen molar-refractivity contribution in [2.24, 2.45) is 11.7 Å². The van der Waals surface area contributed by atoms with Gasteiger partial charge in [-0.25, -0.2) is 0 Å². The van der Waals surface area contributed by atoms with Crippen LogP contribution in [0.3, 0.4) is 0 Å². The Morgan fingerprint density at radius 3 is 1.50 bits per heavy atom. The van der Waals surface area contributed by atoms with Crippen molar-refractivity contribution in [3.63, 3.8) is 0 Å². The highest BCUT2D eigenvalue weighted by Gasteiger charge is 2.38. The van der Waals surface area contributed by atoms with E-state index in [0.717, 1.165) is 0 Å². The molecule has 98 valence electrons. The van der Waals surface area contributed by atoms with Crippen LogP contribution in [0, 0.1) is 5.92 Å². The van der Waals surface area contributed by atoms with E-state index in [9.17, 15) is 4.79 Å². The molecule has 1 unspecified atom stereocenters. The Bertz CT molecular complexity index is 209. The van der Waals surface area contributed by atoms with E-state index in [-0.39, 0.29) is 5.92 Å². The maximum Gasteiger partial charge on any atom is 0.320 e. The normalized spacial score (nSPS) is 14.1. The van der Waals surface area contributed by atoms with Crippen molar-refractivity contribution in [3.05, 3.63) is 0 Å². The molecule has 0 amide bonds. The van der Waals surface area contributed by atoms with E-state index < -0.39 is 21.4 Å². The zero-order chi connectivity index (χ0) is 13.7. The van der Waals surface area contributed by atoms with E-state index >= 15 is 0 Å². The molecule has 0 saturated carbocycles. The summed E-state index contributed by atoms with van der Waals surface area (Å²) in [6, 6.07) is -0.713. The summed E-state index contributed by atoms with van der Waals surface area (Å²) < 4.78 is -1.59. The van der Waals surface area contributed by atoms with Crippen LogP contribution in [0.4, 0.5) is 0 Å². The smallest absolute Gasteiger partial charge is 0.320 e. The molecule has 0 heterocycles. The quantitative estimate of drug-likeness (QED) is 0.682. The van der Waals surface area contributed by atoms with Crippen molar-refractivity contribution in [2.75, 3.05) is 0 Å². The van der Waals surface area contributed by atoms with Gasteiger partial charge in [0.15, 0.2) is 0 Å². The molecule has 0 aromatic rings. The summed E-state index contributed by atoms with van der Waals surface area (Å²) in [5.74, 6) is -0.910. The molecular weight excluding hydrogens is 276 g/mol. The maximum atomic E-state index is 10.0. The lowest BCUT2D eigenvalue weighted by Gasteiger charge is -2.25. The highest BCUT2D eigenvalue weighted by molar-refractivity contribution is 6.68. The summed E-state index contributed by atoms with van der Waals surface area (Å²) in [5.41, 5.74) is 3.89. The zero-order valence-electron chi connectivity index (χ0n) is 9.67. The van der Waals surface area contributed by atoms with E-state index in [1.165, 1.54) is 13.8 Å². The summed E-state index contributed by atoms with van der Waals surface area (Å²) in [6.07, 6.45) is 0. The summed E-state index contributed by atoms with van der Waals surface area (Å²) in [4.78, 5) is 10.0. The monoisotopic (exact) mass is 293 g/mol. The minimum atomic E-state index is -1.59. The van der Waals surface area contributed by atoms with E-state index in [1.54, 1.807) is 13.8 Å². The molecule has 0 saturated heterocycles. The summed E-state index contributed by atoms with van der Waals surface area (Å²) in [5, 5.41) is 17.2. The standard InChI is InChI=1S/C5H11NO2.C4H7Cl3O/c1-3(2)4(6)5(7)8;1-3(2,8)4(5,6)7/h3-4H,6H2,1-2H3,(H,7,8);8H,1-2H3. The number of aliphatic carboxylic acids is 1. The van der Waals surface area contributed by atoms with Gasteiger partial charge in [-0.3, -0.25) is 4.79 Å². The Kier molecular flexibility index (Phi) is 7.99. The van der Waals surface area contributed by atoms with Crippen molar-refractivity contribution in [3.8, 4) is 0 Å². The molecule has 4 N–H and O–H groups in total. The fourth-order valence-corrected chi connectivity index (χ4v) is 0.285. The number of rotatable bonds is 2. The van der Waals surface area contributed by atoms with Crippen molar-refractivity contribution in [1.29, 1.82) is 0 Å². The second-order valence-corrected chi connectivity index (χ2v) is 6.45. The van der Waals surface area contributed by atoms with Gasteiger partial charge in [0, 0.05) is 0 Å². The van der Waals surface area contributed by atoms with Gasteiger partial charge in [0.25, 0.3) is 0 Å². The first kappa shape index (κ1) is 18.6. The molecule has 0 aromatic carbocycles. The van der Waals surface area contributed by atoms with Gasteiger partial charge in [0.05, 0.1) is 0 Å². The molecule has 0 bridgehead atoms. The van der Waals surface area contributed by atoms with E-state index in [2.05, 4.69) is 0 Å². The van der Waals surface area contributed by atoms with Crippen molar-refractivity contribution < 1.29 is 15.0 Å². The minimum Gasteiger partial charge on any atom is -0.480 e. The molecular formula is C9H18Cl3NO3. The number of alkyl halides is 3. The van der Waals surface area contributed by atoms with Gasteiger partial charge in [0.1, 0.15) is 11.6 Å². The van der Waals surface area contributed by atoms with Crippen LogP contribution >= 0.6 is 34.8 Å². The number of carbonyl (C=O) groups is 1. The molecule has 0 spiro atoms. The van der Waals surface area contributed by atoms with Crippen molar-refractivity contribution in [2.45, 2.75) is 43.1 Å². The van der Waals surface area contributed by atoms with Crippen LogP contribution in [0.2, 0.25) is 0 Å². The van der Waals surface area contributed by atoms with Crippen LogP contribution in [0.15, 0.2) is 0 Å². The average molecular weight is 295 g/mol. The molecule has 0 radical (unpaired) electrons. The lowest BCUT2D eigenvalue weighted by atomic mass is 10.1. The summed E-state index contributed by atoms with van der Waals surface area (Å²) in [6.45, 7) is 6.41. The van der Waals surface area contributed by atoms with E-state index in [0.29, 0.717) is 0 Å². The SMILES string of the molecule is CC(C)(O)C(Cl)(Cl)Cl.CC(C)C(N)C(=O)O. The number of aliphatic hydroxyl groups is 1. The molecule has 1 atom stereocenters. The largest absolute Gasteiger partial charge is 0.480 e. The predicted molar refractivity (Wildman–Crippen MR) is 67.0 cm³/mol. The third-order valence-corrected chi connectivity index (χ3v) is 3.08. The Balaban J connectivity index is 0. The third-order valence-electron chi connectivity index (χ3n) is 1.70. The number of halogens is 3. The number of nitrogens with two attached hydrogens (primary N) is 1. The fourth-order valence-electron chi connectivity index (χ4n) is 0.285. The minimum absolute atomic E-state index is 0.0208. The molecule has 0 aliphatic carbocycles. The summed E-state index contributed by atoms with van der Waals surface area (Å²) in [7, 11) is 0. The van der Waals surface area contributed by atoms with E-state index in [1.807, 2.05) is 0 Å². The molecule has 4 nitrogen and oxygen atoms in total. The Morgan fingerprint density at radius 1 is 1.25 bits per heavy atom. The van der Waals surface area contributed by atoms with Gasteiger partial charge in [0.2, 0.25) is 3.79 Å². The molecule has 0 fully saturated rings. The Hall–Kier alpha value is 0.260. The van der Waals surface area contributed by atoms with Crippen molar-refractivity contribution in [1.82, 2.24) is 0 Å². The first-order chi connectivity index (χ1) is 6.80. The van der Waals surface area contributed by atoms with Gasteiger partial charge < -0.3 is 15.9 Å². The molecule has 0 aliphatic rings. The highest BCUT2D eigenvalue weighted by Crippen LogP contribution is 2.37. The summed E-state index contributed by atoms with van der Waals surface area (Å²) >= 11 is 15.9. The second kappa shape index (κ2) is 6.87. The van der Waals surface area contributed by atoms with Gasteiger partial charge in [-0.15, -0.1) is 0 Å². The lowest BCUT2D eigenvalue weighted by Crippen LogP contribution is -2.35. The molecule has 7 heteroatoms. The fraction of sp³-hybridized carbons (Fsp3) is 0.889. The maximum absolute atomic E-state index is 10.0. The number of carboxylic acid groups (broad SMARTS) is 1. The third kappa shape index (κ3) is 8.42.